The number of carbonyl (C=O) groups is 3. The molecule has 6 atom stereocenters. The first-order valence-electron chi connectivity index (χ1n) is 14.1. The predicted octanol–water partition coefficient (Wildman–Crippen LogP) is 1.45. The van der Waals surface area contributed by atoms with Gasteiger partial charge in [0, 0.05) is 36.0 Å². The molecule has 1 fully saturated rings. The Hall–Kier alpha value is -3.39. The van der Waals surface area contributed by atoms with E-state index in [4.69, 9.17) is 14.2 Å². The van der Waals surface area contributed by atoms with Gasteiger partial charge < -0.3 is 44.8 Å². The summed E-state index contributed by atoms with van der Waals surface area (Å²) in [6.45, 7) is 3.79. The molecule has 0 unspecified atom stereocenters. The molecule has 6 N–H and O–H groups in total. The molecule has 0 saturated carbocycles. The third-order valence-corrected chi connectivity index (χ3v) is 8.64. The Labute approximate surface area is 247 Å². The largest absolute Gasteiger partial charge is 0.507 e. The molecule has 0 amide bonds. The molecule has 0 radical (unpaired) electrons. The summed E-state index contributed by atoms with van der Waals surface area (Å²) in [4.78, 5) is 40.1. The van der Waals surface area contributed by atoms with E-state index in [2.05, 4.69) is 0 Å². The normalized spacial score (nSPS) is 28.6. The van der Waals surface area contributed by atoms with Gasteiger partial charge in [0.25, 0.3) is 0 Å². The number of hydrogen-bond donors (Lipinski definition) is 6. The average molecular weight is 601 g/mol. The zero-order valence-corrected chi connectivity index (χ0v) is 24.3. The van der Waals surface area contributed by atoms with Gasteiger partial charge in [0.1, 0.15) is 29.5 Å². The Morgan fingerprint density at radius 3 is 2.42 bits per heavy atom. The van der Waals surface area contributed by atoms with E-state index in [1.807, 2.05) is 0 Å². The molecule has 1 aliphatic heterocycles. The number of Topliss-reactive ketones (excluding diaryl/α,β-unsaturated/α-hetero) is 1. The van der Waals surface area contributed by atoms with E-state index < -0.39 is 101 Å². The van der Waals surface area contributed by atoms with Crippen LogP contribution in [0.15, 0.2) is 18.2 Å². The van der Waals surface area contributed by atoms with Gasteiger partial charge in [-0.2, -0.15) is 0 Å². The second-order valence-electron chi connectivity index (χ2n) is 12.3. The highest BCUT2D eigenvalue weighted by Crippen LogP contribution is 2.52. The van der Waals surface area contributed by atoms with Gasteiger partial charge >= 0.3 is 0 Å². The van der Waals surface area contributed by atoms with Gasteiger partial charge in [-0.15, -0.1) is 0 Å². The molecule has 2 aromatic rings. The number of phenolic OH excluding ortho intramolecular Hbond substituents is 2. The summed E-state index contributed by atoms with van der Waals surface area (Å²) in [5.41, 5.74) is -4.81. The Morgan fingerprint density at radius 2 is 1.79 bits per heavy atom. The van der Waals surface area contributed by atoms with Crippen LogP contribution in [0.2, 0.25) is 0 Å². The molecule has 0 bridgehead atoms. The van der Waals surface area contributed by atoms with Crippen LogP contribution in [0.3, 0.4) is 0 Å². The van der Waals surface area contributed by atoms with E-state index in [0.717, 1.165) is 0 Å². The molecule has 43 heavy (non-hydrogen) atoms. The number of hydrogen-bond acceptors (Lipinski definition) is 12. The molecule has 2 aliphatic carbocycles. The van der Waals surface area contributed by atoms with Crippen LogP contribution in [0, 0.1) is 5.92 Å². The van der Waals surface area contributed by atoms with E-state index in [-0.39, 0.29) is 40.8 Å². The number of aliphatic hydroxyl groups is 4. The van der Waals surface area contributed by atoms with Crippen molar-refractivity contribution in [2.45, 2.75) is 82.3 Å². The van der Waals surface area contributed by atoms with Gasteiger partial charge in [-0.25, -0.2) is 0 Å². The number of ether oxygens (including phenoxy) is 3. The fourth-order valence-electron chi connectivity index (χ4n) is 6.66. The van der Waals surface area contributed by atoms with Gasteiger partial charge in [-0.05, 0) is 39.2 Å². The summed E-state index contributed by atoms with van der Waals surface area (Å²) in [5.74, 6) is -4.28. The number of fused-ring (bicyclic) bond motifs is 3. The molecule has 232 valence electrons. The lowest BCUT2D eigenvalue weighted by atomic mass is 9.72. The molecule has 1 saturated heterocycles. The van der Waals surface area contributed by atoms with Crippen LogP contribution in [-0.4, -0.2) is 91.4 Å². The third-order valence-electron chi connectivity index (χ3n) is 8.64. The Balaban J connectivity index is 1.64. The minimum atomic E-state index is -2.26. The summed E-state index contributed by atoms with van der Waals surface area (Å²) >= 11 is 0. The SMILES string of the molecule is COc1cccc2c1C(=O)c1c(O)c3c(c(O)c1C2=O)C[C@@](O)(C(=O)CO)C[C@@H]3O[C@H]1C[C@H](CC(C)(C)O)[C@H](O)[C@H](C)O1. The maximum atomic E-state index is 13.8. The highest BCUT2D eigenvalue weighted by atomic mass is 16.7. The molecule has 12 nitrogen and oxygen atoms in total. The first-order valence-corrected chi connectivity index (χ1v) is 14.1. The summed E-state index contributed by atoms with van der Waals surface area (Å²) in [6.07, 6.45) is -4.87. The van der Waals surface area contributed by atoms with Crippen LogP contribution >= 0.6 is 0 Å². The first kappa shape index (κ1) is 31.0. The van der Waals surface area contributed by atoms with Crippen LogP contribution < -0.4 is 4.74 Å². The molecular formula is C31H36O12. The summed E-state index contributed by atoms with van der Waals surface area (Å²) < 4.78 is 17.4. The quantitative estimate of drug-likeness (QED) is 0.214. The van der Waals surface area contributed by atoms with Gasteiger partial charge in [0.05, 0.1) is 47.7 Å². The van der Waals surface area contributed by atoms with Crippen LogP contribution in [0.5, 0.6) is 17.2 Å². The maximum absolute atomic E-state index is 13.8. The van der Waals surface area contributed by atoms with E-state index in [1.165, 1.54) is 25.3 Å². The Kier molecular flexibility index (Phi) is 7.91. The van der Waals surface area contributed by atoms with Crippen molar-refractivity contribution in [2.75, 3.05) is 13.7 Å². The lowest BCUT2D eigenvalue weighted by Gasteiger charge is -2.43. The molecular weight excluding hydrogens is 564 g/mol. The van der Waals surface area contributed by atoms with Crippen molar-refractivity contribution in [1.82, 2.24) is 0 Å². The number of ketones is 3. The first-order chi connectivity index (χ1) is 20.1. The van der Waals surface area contributed by atoms with Crippen molar-refractivity contribution in [3.8, 4) is 17.2 Å². The van der Waals surface area contributed by atoms with Crippen molar-refractivity contribution >= 4 is 17.3 Å². The number of aromatic hydroxyl groups is 2. The topological polar surface area (TPSA) is 200 Å². The zero-order chi connectivity index (χ0) is 31.6. The second-order valence-corrected chi connectivity index (χ2v) is 12.3. The van der Waals surface area contributed by atoms with Crippen molar-refractivity contribution in [3.05, 3.63) is 51.6 Å². The van der Waals surface area contributed by atoms with Crippen LogP contribution in [-0.2, 0) is 20.7 Å². The minimum absolute atomic E-state index is 0.0576. The number of aliphatic hydroxyl groups excluding tert-OH is 2. The monoisotopic (exact) mass is 600 g/mol. The molecule has 2 aromatic carbocycles. The number of carbonyl (C=O) groups excluding carboxylic acids is 3. The number of benzene rings is 2. The van der Waals surface area contributed by atoms with Crippen LogP contribution in [0.4, 0.5) is 0 Å². The number of phenols is 2. The van der Waals surface area contributed by atoms with E-state index in [1.54, 1.807) is 20.8 Å². The van der Waals surface area contributed by atoms with Crippen LogP contribution in [0.25, 0.3) is 0 Å². The zero-order valence-electron chi connectivity index (χ0n) is 24.3. The van der Waals surface area contributed by atoms with Gasteiger partial charge in [-0.3, -0.25) is 14.4 Å². The van der Waals surface area contributed by atoms with Crippen molar-refractivity contribution < 1.29 is 59.2 Å². The van der Waals surface area contributed by atoms with Gasteiger partial charge in [-0.1, -0.05) is 12.1 Å². The van der Waals surface area contributed by atoms with Crippen molar-refractivity contribution in [3.63, 3.8) is 0 Å². The number of methoxy groups -OCH3 is 1. The molecule has 5 rings (SSSR count). The van der Waals surface area contributed by atoms with Crippen LogP contribution in [0.1, 0.15) is 89.1 Å². The predicted molar refractivity (Wildman–Crippen MR) is 148 cm³/mol. The third kappa shape index (κ3) is 5.22. The molecule has 1 heterocycles. The fraction of sp³-hybridized carbons (Fsp3) is 0.516. The highest BCUT2D eigenvalue weighted by molar-refractivity contribution is 6.31. The Bertz CT molecular complexity index is 1490. The van der Waals surface area contributed by atoms with Crippen molar-refractivity contribution in [2.24, 2.45) is 5.92 Å². The summed E-state index contributed by atoms with van der Waals surface area (Å²) in [6, 6.07) is 4.37. The second kappa shape index (κ2) is 11.0. The van der Waals surface area contributed by atoms with E-state index >= 15 is 0 Å². The lowest BCUT2D eigenvalue weighted by Crippen LogP contribution is -2.50. The summed E-state index contributed by atoms with van der Waals surface area (Å²) in [5, 5.41) is 65.2. The average Bonchev–Trinajstić information content (AvgIpc) is 2.94. The lowest BCUT2D eigenvalue weighted by molar-refractivity contribution is -0.260. The standard InChI is InChI=1S/C31H36O12/c1-13-25(34)14(9-30(2,3)39)8-20(42-13)43-18-11-31(40,19(33)12-32)10-16-22(18)29(38)24-23(27(16)36)26(35)15-6-5-7-17(41-4)21(15)28(24)37/h5-7,13-14,18,20,25,32,34,36,38-40H,8-12H2,1-4H3/t13-,14+,18-,20-,25+,31-/m0/s1. The maximum Gasteiger partial charge on any atom is 0.202 e. The van der Waals surface area contributed by atoms with Gasteiger partial charge in [0.2, 0.25) is 5.78 Å². The summed E-state index contributed by atoms with van der Waals surface area (Å²) in [7, 11) is 1.32. The highest BCUT2D eigenvalue weighted by Gasteiger charge is 2.50. The fourth-order valence-corrected chi connectivity index (χ4v) is 6.66. The van der Waals surface area contributed by atoms with Gasteiger partial charge in [0.15, 0.2) is 17.9 Å². The Morgan fingerprint density at radius 1 is 1.12 bits per heavy atom. The molecule has 0 aromatic heterocycles. The molecule has 0 spiro atoms. The number of rotatable bonds is 7. The minimum Gasteiger partial charge on any atom is -0.507 e. The van der Waals surface area contributed by atoms with E-state index in [9.17, 15) is 45.0 Å². The molecule has 3 aliphatic rings. The van der Waals surface area contributed by atoms with E-state index in [0.29, 0.717) is 0 Å². The smallest absolute Gasteiger partial charge is 0.202 e. The molecule has 12 heteroatoms. The van der Waals surface area contributed by atoms with Crippen molar-refractivity contribution in [1.29, 1.82) is 0 Å².